The summed E-state index contributed by atoms with van der Waals surface area (Å²) in [5.41, 5.74) is 0.453. The van der Waals surface area contributed by atoms with Gasteiger partial charge >= 0.3 is 6.03 Å². The van der Waals surface area contributed by atoms with Crippen molar-refractivity contribution in [1.29, 1.82) is 0 Å². The van der Waals surface area contributed by atoms with E-state index in [0.717, 1.165) is 5.57 Å². The highest BCUT2D eigenvalue weighted by molar-refractivity contribution is 7.90. The Morgan fingerprint density at radius 2 is 2.00 bits per heavy atom. The molecule has 4 amide bonds. The lowest BCUT2D eigenvalue weighted by Crippen LogP contribution is -2.39. The van der Waals surface area contributed by atoms with E-state index in [0.29, 0.717) is 18.4 Å². The predicted octanol–water partition coefficient (Wildman–Crippen LogP) is 1.70. The Bertz CT molecular complexity index is 1010. The minimum Gasteiger partial charge on any atom is -0.492 e. The zero-order valence-electron chi connectivity index (χ0n) is 18.7. The van der Waals surface area contributed by atoms with E-state index in [1.54, 1.807) is 26.1 Å². The van der Waals surface area contributed by atoms with Crippen molar-refractivity contribution in [3.8, 4) is 5.75 Å². The maximum atomic E-state index is 12.9. The van der Waals surface area contributed by atoms with Crippen LogP contribution in [0.3, 0.4) is 0 Å². The first-order valence-corrected chi connectivity index (χ1v) is 11.9. The number of ether oxygens (including phenoxy) is 1. The number of nitrogens with one attached hydrogen (secondary N) is 4. The molecule has 1 aliphatic rings. The van der Waals surface area contributed by atoms with Crippen LogP contribution in [0.1, 0.15) is 52.1 Å². The van der Waals surface area contributed by atoms with Crippen molar-refractivity contribution >= 4 is 28.4 Å². The van der Waals surface area contributed by atoms with E-state index in [1.807, 2.05) is 18.6 Å². The number of hydrogen-bond acceptors (Lipinski definition) is 6. The zero-order valence-corrected chi connectivity index (χ0v) is 19.5. The van der Waals surface area contributed by atoms with Crippen LogP contribution < -0.4 is 25.4 Å². The molecule has 10 nitrogen and oxygen atoms in total. The maximum absolute atomic E-state index is 12.9. The van der Waals surface area contributed by atoms with Crippen LogP contribution in [0.15, 0.2) is 34.9 Å². The Morgan fingerprint density at radius 1 is 1.28 bits per heavy atom. The second-order valence-corrected chi connectivity index (χ2v) is 9.03. The van der Waals surface area contributed by atoms with Crippen molar-refractivity contribution in [2.24, 2.45) is 5.41 Å². The SMILES string of the molecule is CCNC(=O)NS(=O)(=O)c1cc(C(CC2(CC)C(=O)NC=C2C)NC=O)ccc1OCC. The molecule has 1 aromatic rings. The second-order valence-electron chi connectivity index (χ2n) is 7.38. The molecule has 0 saturated carbocycles. The highest BCUT2D eigenvalue weighted by Crippen LogP contribution is 2.43. The smallest absolute Gasteiger partial charge is 0.328 e. The van der Waals surface area contributed by atoms with E-state index >= 15 is 0 Å². The van der Waals surface area contributed by atoms with Gasteiger partial charge in [0.25, 0.3) is 10.0 Å². The van der Waals surface area contributed by atoms with Gasteiger partial charge in [-0.2, -0.15) is 0 Å². The lowest BCUT2D eigenvalue weighted by atomic mass is 9.73. The zero-order chi connectivity index (χ0) is 23.9. The molecule has 1 aromatic carbocycles. The van der Waals surface area contributed by atoms with Crippen LogP contribution in [0.4, 0.5) is 4.79 Å². The van der Waals surface area contributed by atoms with Gasteiger partial charge in [0, 0.05) is 12.7 Å². The van der Waals surface area contributed by atoms with Gasteiger partial charge < -0.3 is 20.7 Å². The van der Waals surface area contributed by atoms with E-state index in [-0.39, 0.29) is 36.1 Å². The molecule has 0 aliphatic carbocycles. The van der Waals surface area contributed by atoms with Gasteiger partial charge in [-0.25, -0.2) is 17.9 Å². The first-order valence-electron chi connectivity index (χ1n) is 10.4. The number of carbonyl (C=O) groups excluding carboxylic acids is 3. The number of amides is 4. The fourth-order valence-electron chi connectivity index (χ4n) is 3.77. The van der Waals surface area contributed by atoms with Crippen molar-refractivity contribution in [3.05, 3.63) is 35.5 Å². The number of carbonyl (C=O) groups is 3. The summed E-state index contributed by atoms with van der Waals surface area (Å²) in [6, 6.07) is 2.93. The van der Waals surface area contributed by atoms with Crippen molar-refractivity contribution < 1.29 is 27.5 Å². The number of benzene rings is 1. The third kappa shape index (κ3) is 5.21. The highest BCUT2D eigenvalue weighted by Gasteiger charge is 2.44. The first kappa shape index (κ1) is 25.2. The standard InChI is InChI=1S/C21H30N4O6S/c1-5-21(14(4)12-23-19(21)27)11-16(24-13-26)15-8-9-17(31-7-3)18(10-15)32(29,30)25-20(28)22-6-2/h8-10,12-13,16H,5-7,11H2,1-4H3,(H,23,27)(H,24,26)(H2,22,25,28). The third-order valence-electron chi connectivity index (χ3n) is 5.56. The molecule has 32 heavy (non-hydrogen) atoms. The molecule has 0 saturated heterocycles. The van der Waals surface area contributed by atoms with Gasteiger partial charge in [0.05, 0.1) is 18.1 Å². The fourth-order valence-corrected chi connectivity index (χ4v) is 4.88. The second kappa shape index (κ2) is 10.5. The summed E-state index contributed by atoms with van der Waals surface area (Å²) in [5.74, 6) is -0.107. The third-order valence-corrected chi connectivity index (χ3v) is 6.91. The summed E-state index contributed by atoms with van der Waals surface area (Å²) in [6.07, 6.45) is 2.89. The van der Waals surface area contributed by atoms with Crippen LogP contribution in [0.5, 0.6) is 5.75 Å². The average Bonchev–Trinajstić information content (AvgIpc) is 3.02. The average molecular weight is 467 g/mol. The van der Waals surface area contributed by atoms with Crippen LogP contribution >= 0.6 is 0 Å². The summed E-state index contributed by atoms with van der Waals surface area (Å²) in [5, 5.41) is 7.78. The lowest BCUT2D eigenvalue weighted by Gasteiger charge is -2.31. The molecule has 0 fully saturated rings. The molecule has 2 rings (SSSR count). The minimum absolute atomic E-state index is 0.0674. The largest absolute Gasteiger partial charge is 0.492 e. The van der Waals surface area contributed by atoms with Crippen LogP contribution in [0, 0.1) is 5.41 Å². The Kier molecular flexibility index (Phi) is 8.25. The quantitative estimate of drug-likeness (QED) is 0.366. The van der Waals surface area contributed by atoms with E-state index in [1.165, 1.54) is 12.1 Å². The molecule has 1 aliphatic heterocycles. The van der Waals surface area contributed by atoms with Crippen molar-refractivity contribution in [2.45, 2.75) is 51.5 Å². The molecule has 1 heterocycles. The molecule has 2 atom stereocenters. The normalized spacial score (nSPS) is 18.9. The monoisotopic (exact) mass is 466 g/mol. The molecule has 0 aromatic heterocycles. The van der Waals surface area contributed by atoms with Gasteiger partial charge in [0.15, 0.2) is 0 Å². The summed E-state index contributed by atoms with van der Waals surface area (Å²) in [4.78, 5) is 35.6. The van der Waals surface area contributed by atoms with Gasteiger partial charge in [-0.15, -0.1) is 0 Å². The van der Waals surface area contributed by atoms with Crippen molar-refractivity contribution in [2.75, 3.05) is 13.2 Å². The lowest BCUT2D eigenvalue weighted by molar-refractivity contribution is -0.128. The van der Waals surface area contributed by atoms with Gasteiger partial charge in [0.1, 0.15) is 10.6 Å². The van der Waals surface area contributed by atoms with Crippen molar-refractivity contribution in [1.82, 2.24) is 20.7 Å². The van der Waals surface area contributed by atoms with E-state index in [9.17, 15) is 22.8 Å². The topological polar surface area (TPSA) is 143 Å². The van der Waals surface area contributed by atoms with Crippen LogP contribution in [-0.4, -0.2) is 39.9 Å². The predicted molar refractivity (Wildman–Crippen MR) is 118 cm³/mol. The van der Waals surface area contributed by atoms with E-state index < -0.39 is 27.5 Å². The Morgan fingerprint density at radius 3 is 2.53 bits per heavy atom. The molecule has 0 radical (unpaired) electrons. The summed E-state index contributed by atoms with van der Waals surface area (Å²) < 4.78 is 33.2. The number of sulfonamides is 1. The van der Waals surface area contributed by atoms with E-state index in [2.05, 4.69) is 16.0 Å². The minimum atomic E-state index is -4.27. The maximum Gasteiger partial charge on any atom is 0.328 e. The van der Waals surface area contributed by atoms with Gasteiger partial charge in [-0.05, 0) is 56.9 Å². The van der Waals surface area contributed by atoms with E-state index in [4.69, 9.17) is 4.74 Å². The fraction of sp³-hybridized carbons (Fsp3) is 0.476. The molecule has 11 heteroatoms. The summed E-state index contributed by atoms with van der Waals surface area (Å²) in [6.45, 7) is 7.54. The molecular formula is C21H30N4O6S. The molecular weight excluding hydrogens is 436 g/mol. The van der Waals surface area contributed by atoms with Crippen LogP contribution in [0.2, 0.25) is 0 Å². The Labute approximate surface area is 188 Å². The number of urea groups is 1. The van der Waals surface area contributed by atoms with Crippen molar-refractivity contribution in [3.63, 3.8) is 0 Å². The Balaban J connectivity index is 2.51. The first-order chi connectivity index (χ1) is 15.1. The van der Waals surface area contributed by atoms with Crippen LogP contribution in [-0.2, 0) is 19.6 Å². The molecule has 0 spiro atoms. The molecule has 4 N–H and O–H groups in total. The molecule has 176 valence electrons. The number of rotatable bonds is 11. The highest BCUT2D eigenvalue weighted by atomic mass is 32.2. The summed E-state index contributed by atoms with van der Waals surface area (Å²) in [7, 11) is -4.27. The van der Waals surface area contributed by atoms with Gasteiger partial charge in [0.2, 0.25) is 12.3 Å². The molecule has 2 unspecified atom stereocenters. The Hall–Kier alpha value is -3.08. The molecule has 0 bridgehead atoms. The summed E-state index contributed by atoms with van der Waals surface area (Å²) >= 11 is 0. The van der Waals surface area contributed by atoms with Gasteiger partial charge in [-0.1, -0.05) is 13.0 Å². The van der Waals surface area contributed by atoms with Gasteiger partial charge in [-0.3, -0.25) is 9.59 Å². The van der Waals surface area contributed by atoms with Crippen LogP contribution in [0.25, 0.3) is 0 Å². The number of hydrogen-bond donors (Lipinski definition) is 4.